The molecular formula is C10H14N-. The summed E-state index contributed by atoms with van der Waals surface area (Å²) >= 11 is 0. The average Bonchev–Trinajstić information content (AvgIpc) is 1.93. The van der Waals surface area contributed by atoms with Crippen LogP contribution in [-0.2, 0) is 6.54 Å². The van der Waals surface area contributed by atoms with Gasteiger partial charge < -0.3 is 4.90 Å². The van der Waals surface area contributed by atoms with E-state index in [2.05, 4.69) is 38.2 Å². The minimum atomic E-state index is 0.923. The molecule has 1 nitrogen and oxygen atoms in total. The van der Waals surface area contributed by atoms with Gasteiger partial charge in [-0.15, -0.1) is 0 Å². The Morgan fingerprint density at radius 2 is 2.00 bits per heavy atom. The fourth-order valence-electron chi connectivity index (χ4n) is 1.08. The van der Waals surface area contributed by atoms with Crippen molar-refractivity contribution in [2.24, 2.45) is 0 Å². The van der Waals surface area contributed by atoms with Gasteiger partial charge >= 0.3 is 0 Å². The van der Waals surface area contributed by atoms with Crippen molar-refractivity contribution in [1.29, 1.82) is 0 Å². The Balaban J connectivity index is 2.78. The molecule has 1 heteroatoms. The molecule has 0 aliphatic rings. The minimum absolute atomic E-state index is 0.923. The first kappa shape index (κ1) is 8.28. The predicted octanol–water partition coefficient (Wildman–Crippen LogP) is 2.22. The highest BCUT2D eigenvalue weighted by atomic mass is 15.0. The van der Waals surface area contributed by atoms with E-state index >= 15 is 0 Å². The van der Waals surface area contributed by atoms with Gasteiger partial charge in [-0.1, -0.05) is 24.3 Å². The van der Waals surface area contributed by atoms with E-state index in [1.165, 1.54) is 11.1 Å². The molecule has 0 bridgehead atoms. The Morgan fingerprint density at radius 3 is 2.55 bits per heavy atom. The van der Waals surface area contributed by atoms with Crippen molar-refractivity contribution in [3.8, 4) is 0 Å². The monoisotopic (exact) mass is 148 g/mol. The molecule has 0 atom stereocenters. The molecule has 0 heterocycles. The van der Waals surface area contributed by atoms with Crippen LogP contribution in [-0.4, -0.2) is 11.9 Å². The van der Waals surface area contributed by atoms with Crippen molar-refractivity contribution in [1.82, 2.24) is 4.90 Å². The Hall–Kier alpha value is -0.820. The highest BCUT2D eigenvalue weighted by molar-refractivity contribution is 5.25. The number of benzene rings is 1. The third-order valence-electron chi connectivity index (χ3n) is 1.70. The molecule has 0 radical (unpaired) electrons. The molecule has 11 heavy (non-hydrogen) atoms. The van der Waals surface area contributed by atoms with Crippen LogP contribution in [0.3, 0.4) is 0 Å². The Labute approximate surface area is 68.7 Å². The number of hydrogen-bond acceptors (Lipinski definition) is 1. The molecule has 60 valence electrons. The molecule has 0 spiro atoms. The maximum absolute atomic E-state index is 3.81. The van der Waals surface area contributed by atoms with Crippen molar-refractivity contribution in [3.05, 3.63) is 42.4 Å². The van der Waals surface area contributed by atoms with Crippen LogP contribution < -0.4 is 0 Å². The smallest absolute Gasteiger partial charge is 0.00443 e. The fourth-order valence-corrected chi connectivity index (χ4v) is 1.08. The largest absolute Gasteiger partial charge is 0.458 e. The van der Waals surface area contributed by atoms with E-state index in [4.69, 9.17) is 0 Å². The van der Waals surface area contributed by atoms with E-state index in [0.29, 0.717) is 0 Å². The van der Waals surface area contributed by atoms with Gasteiger partial charge in [0.15, 0.2) is 0 Å². The van der Waals surface area contributed by atoms with Gasteiger partial charge in [0.1, 0.15) is 0 Å². The van der Waals surface area contributed by atoms with Gasteiger partial charge in [-0.3, -0.25) is 7.05 Å². The third-order valence-corrected chi connectivity index (χ3v) is 1.70. The van der Waals surface area contributed by atoms with Crippen molar-refractivity contribution in [2.45, 2.75) is 13.5 Å². The predicted molar refractivity (Wildman–Crippen MR) is 48.0 cm³/mol. The van der Waals surface area contributed by atoms with Crippen molar-refractivity contribution < 1.29 is 0 Å². The van der Waals surface area contributed by atoms with Gasteiger partial charge in [0, 0.05) is 0 Å². The maximum Gasteiger partial charge on any atom is -0.00443 e. The quantitative estimate of drug-likeness (QED) is 0.581. The second-order valence-electron chi connectivity index (χ2n) is 2.94. The average molecular weight is 148 g/mol. The first-order valence-corrected chi connectivity index (χ1v) is 3.76. The summed E-state index contributed by atoms with van der Waals surface area (Å²) in [6.07, 6.45) is 0. The summed E-state index contributed by atoms with van der Waals surface area (Å²) in [5.74, 6) is 0. The lowest BCUT2D eigenvalue weighted by Crippen LogP contribution is -2.08. The summed E-state index contributed by atoms with van der Waals surface area (Å²) in [7, 11) is 5.79. The zero-order chi connectivity index (χ0) is 8.27. The van der Waals surface area contributed by atoms with Gasteiger partial charge in [0.2, 0.25) is 0 Å². The Morgan fingerprint density at radius 1 is 1.36 bits per heavy atom. The normalized spacial score (nSPS) is 10.5. The minimum Gasteiger partial charge on any atom is -0.458 e. The van der Waals surface area contributed by atoms with Crippen LogP contribution >= 0.6 is 0 Å². The lowest BCUT2D eigenvalue weighted by molar-refractivity contribution is 0.443. The van der Waals surface area contributed by atoms with Gasteiger partial charge in [-0.25, -0.2) is 0 Å². The third kappa shape index (κ3) is 2.35. The first-order chi connectivity index (χ1) is 5.20. The van der Waals surface area contributed by atoms with Gasteiger partial charge in [-0.2, -0.15) is 0 Å². The van der Waals surface area contributed by atoms with E-state index in [9.17, 15) is 0 Å². The topological polar surface area (TPSA) is 3.24 Å². The standard InChI is InChI=1S/C10H14N/c1-9-6-4-5-7-10(9)8-11(2)3/h4-7H,2,8H2,1,3H3/q-1. The zero-order valence-electron chi connectivity index (χ0n) is 7.17. The van der Waals surface area contributed by atoms with Crippen LogP contribution in [0.4, 0.5) is 0 Å². The van der Waals surface area contributed by atoms with E-state index in [1.807, 2.05) is 11.9 Å². The molecule has 0 aliphatic heterocycles. The van der Waals surface area contributed by atoms with Crippen molar-refractivity contribution in [2.75, 3.05) is 7.05 Å². The van der Waals surface area contributed by atoms with Crippen LogP contribution in [0.1, 0.15) is 11.1 Å². The van der Waals surface area contributed by atoms with Gasteiger partial charge in [0.05, 0.1) is 0 Å². The Kier molecular flexibility index (Phi) is 2.66. The summed E-state index contributed by atoms with van der Waals surface area (Å²) < 4.78 is 0. The summed E-state index contributed by atoms with van der Waals surface area (Å²) in [4.78, 5) is 1.93. The van der Waals surface area contributed by atoms with Crippen molar-refractivity contribution >= 4 is 0 Å². The van der Waals surface area contributed by atoms with Crippen LogP contribution in [0.15, 0.2) is 24.3 Å². The molecule has 0 aliphatic carbocycles. The van der Waals surface area contributed by atoms with Crippen LogP contribution in [0.2, 0.25) is 0 Å². The van der Waals surface area contributed by atoms with Crippen molar-refractivity contribution in [3.63, 3.8) is 0 Å². The summed E-state index contributed by atoms with van der Waals surface area (Å²) in [6.45, 7) is 3.05. The number of nitrogens with zero attached hydrogens (tertiary/aromatic N) is 1. The van der Waals surface area contributed by atoms with Gasteiger partial charge in [-0.05, 0) is 31.6 Å². The summed E-state index contributed by atoms with van der Waals surface area (Å²) in [6, 6.07) is 8.38. The molecule has 0 N–H and O–H groups in total. The molecule has 1 aromatic carbocycles. The molecule has 0 fully saturated rings. The second-order valence-corrected chi connectivity index (χ2v) is 2.94. The van der Waals surface area contributed by atoms with E-state index in [-0.39, 0.29) is 0 Å². The zero-order valence-corrected chi connectivity index (χ0v) is 7.17. The van der Waals surface area contributed by atoms with E-state index in [1.54, 1.807) is 0 Å². The maximum atomic E-state index is 3.81. The molecule has 1 aromatic rings. The lowest BCUT2D eigenvalue weighted by Gasteiger charge is -2.18. The van der Waals surface area contributed by atoms with Gasteiger partial charge in [0.25, 0.3) is 0 Å². The molecule has 0 saturated heterocycles. The van der Waals surface area contributed by atoms with Crippen LogP contribution in [0.5, 0.6) is 0 Å². The van der Waals surface area contributed by atoms with E-state index in [0.717, 1.165) is 6.54 Å². The molecule has 0 unspecified atom stereocenters. The van der Waals surface area contributed by atoms with Crippen LogP contribution in [0, 0.1) is 14.0 Å². The second kappa shape index (κ2) is 3.54. The summed E-state index contributed by atoms with van der Waals surface area (Å²) in [5, 5.41) is 0. The molecule has 0 amide bonds. The number of rotatable bonds is 2. The SMILES string of the molecule is [CH2-]N(C)Cc1ccccc1C. The lowest BCUT2D eigenvalue weighted by atomic mass is 10.1. The number of hydrogen-bond donors (Lipinski definition) is 0. The van der Waals surface area contributed by atoms with Crippen LogP contribution in [0.25, 0.3) is 0 Å². The molecular weight excluding hydrogens is 134 g/mol. The van der Waals surface area contributed by atoms with E-state index < -0.39 is 0 Å². The number of aryl methyl sites for hydroxylation is 1. The fraction of sp³-hybridized carbons (Fsp3) is 0.300. The molecule has 0 aromatic heterocycles. The highest BCUT2D eigenvalue weighted by Crippen LogP contribution is 2.08. The molecule has 1 rings (SSSR count). The summed E-state index contributed by atoms with van der Waals surface area (Å²) in [5.41, 5.74) is 2.69. The Bertz CT molecular complexity index is 228. The highest BCUT2D eigenvalue weighted by Gasteiger charge is 1.93. The molecule has 0 saturated carbocycles. The first-order valence-electron chi connectivity index (χ1n) is 3.76.